The molecule has 0 saturated carbocycles. The van der Waals surface area contributed by atoms with E-state index in [2.05, 4.69) is 10.1 Å². The number of nitrogen functional groups attached to an aromatic ring is 1. The Hall–Kier alpha value is -2.62. The molecule has 3 rings (SSSR count). The first-order valence-electron chi connectivity index (χ1n) is 7.31. The molecule has 0 unspecified atom stereocenters. The molecule has 132 valence electrons. The fraction of sp³-hybridized carbons (Fsp3) is 0.267. The van der Waals surface area contributed by atoms with Gasteiger partial charge in [0, 0.05) is 13.3 Å². The third-order valence-corrected chi connectivity index (χ3v) is 3.86. The number of nitrogens with two attached hydrogens (primary N) is 1. The average Bonchev–Trinajstić information content (AvgIpc) is 3.18. The number of rotatable bonds is 7. The van der Waals surface area contributed by atoms with Crippen LogP contribution >= 0.6 is 11.6 Å². The first-order chi connectivity index (χ1) is 12.0. The lowest BCUT2D eigenvalue weighted by Gasteiger charge is -2.10. The molecule has 3 N–H and O–H groups in total. The van der Waals surface area contributed by atoms with Crippen molar-refractivity contribution in [2.45, 2.75) is 6.73 Å². The van der Waals surface area contributed by atoms with Crippen molar-refractivity contribution in [3.8, 4) is 5.95 Å². The maximum atomic E-state index is 11.1. The van der Waals surface area contributed by atoms with E-state index in [-0.39, 0.29) is 12.3 Å². The molecule has 0 fully saturated rings. The summed E-state index contributed by atoms with van der Waals surface area (Å²) in [6.45, 7) is 0.996. The predicted molar refractivity (Wildman–Crippen MR) is 91.1 cm³/mol. The van der Waals surface area contributed by atoms with Crippen LogP contribution in [-0.4, -0.2) is 50.7 Å². The van der Waals surface area contributed by atoms with Gasteiger partial charge < -0.3 is 20.3 Å². The van der Waals surface area contributed by atoms with Gasteiger partial charge in [-0.1, -0.05) is 11.6 Å². The Kier molecular flexibility index (Phi) is 4.88. The van der Waals surface area contributed by atoms with Crippen molar-refractivity contribution in [3.05, 3.63) is 35.1 Å². The van der Waals surface area contributed by atoms with Gasteiger partial charge in [-0.25, -0.2) is 14.5 Å². The number of methoxy groups -OCH3 is 1. The molecule has 25 heavy (non-hydrogen) atoms. The Morgan fingerprint density at radius 1 is 1.40 bits per heavy atom. The fourth-order valence-electron chi connectivity index (χ4n) is 2.29. The summed E-state index contributed by atoms with van der Waals surface area (Å²) >= 11 is 6.12. The van der Waals surface area contributed by atoms with Crippen LogP contribution < -0.4 is 5.73 Å². The van der Waals surface area contributed by atoms with Crippen LogP contribution in [0.25, 0.3) is 17.0 Å². The Labute approximate surface area is 147 Å². The summed E-state index contributed by atoms with van der Waals surface area (Å²) in [5.41, 5.74) is 7.58. The topological polar surface area (TPSA) is 117 Å². The van der Waals surface area contributed by atoms with Crippen LogP contribution in [0.15, 0.2) is 24.5 Å². The van der Waals surface area contributed by atoms with Crippen LogP contribution in [0.4, 0.5) is 5.69 Å². The number of benzene rings is 1. The van der Waals surface area contributed by atoms with Crippen LogP contribution in [0, 0.1) is 0 Å². The number of carboxylic acid groups (broad SMARTS) is 1. The highest BCUT2D eigenvalue weighted by atomic mass is 35.5. The van der Waals surface area contributed by atoms with Gasteiger partial charge in [0.25, 0.3) is 0 Å². The Morgan fingerprint density at radius 3 is 2.88 bits per heavy atom. The summed E-state index contributed by atoms with van der Waals surface area (Å²) in [6, 6.07) is 3.33. The van der Waals surface area contributed by atoms with E-state index >= 15 is 0 Å². The number of imidazole rings is 1. The van der Waals surface area contributed by atoms with Crippen LogP contribution in [0.5, 0.6) is 0 Å². The van der Waals surface area contributed by atoms with E-state index in [0.717, 1.165) is 0 Å². The predicted octanol–water partition coefficient (Wildman–Crippen LogP) is 1.78. The molecule has 0 atom stereocenters. The number of ether oxygens (including phenoxy) is 2. The Balaban J connectivity index is 2.06. The minimum Gasteiger partial charge on any atom is -0.478 e. The monoisotopic (exact) mass is 365 g/mol. The maximum Gasteiger partial charge on any atom is 0.338 e. The second-order valence-electron chi connectivity index (χ2n) is 5.21. The van der Waals surface area contributed by atoms with E-state index in [4.69, 9.17) is 31.9 Å². The van der Waals surface area contributed by atoms with Gasteiger partial charge >= 0.3 is 5.97 Å². The number of aromatic carboxylic acids is 1. The van der Waals surface area contributed by atoms with E-state index < -0.39 is 5.97 Å². The van der Waals surface area contributed by atoms with E-state index in [1.165, 1.54) is 17.1 Å². The molecule has 0 radical (unpaired) electrons. The molecule has 0 saturated heterocycles. The SMILES string of the molecule is COCCOCn1c(-n2cc(C(=O)O)cn2)nc2cc(N)c(Cl)cc21. The summed E-state index contributed by atoms with van der Waals surface area (Å²) < 4.78 is 13.6. The normalized spacial score (nSPS) is 11.3. The lowest BCUT2D eigenvalue weighted by atomic mass is 10.3. The lowest BCUT2D eigenvalue weighted by Crippen LogP contribution is -2.12. The summed E-state index contributed by atoms with van der Waals surface area (Å²) in [5, 5.41) is 13.5. The van der Waals surface area contributed by atoms with Gasteiger partial charge in [0.2, 0.25) is 5.95 Å². The minimum absolute atomic E-state index is 0.0523. The van der Waals surface area contributed by atoms with Crippen molar-refractivity contribution in [1.29, 1.82) is 0 Å². The number of halogens is 1. The maximum absolute atomic E-state index is 11.1. The van der Waals surface area contributed by atoms with Gasteiger partial charge in [-0.3, -0.25) is 4.57 Å². The Bertz CT molecular complexity index is 920. The number of nitrogens with zero attached hydrogens (tertiary/aromatic N) is 4. The molecule has 0 aliphatic carbocycles. The van der Waals surface area contributed by atoms with Crippen LogP contribution in [0.2, 0.25) is 5.02 Å². The van der Waals surface area contributed by atoms with E-state index in [1.807, 2.05) is 0 Å². The van der Waals surface area contributed by atoms with Gasteiger partial charge in [0.1, 0.15) is 6.73 Å². The number of hydrogen-bond acceptors (Lipinski definition) is 6. The molecular weight excluding hydrogens is 350 g/mol. The standard InChI is InChI=1S/C15H16ClN5O4/c1-24-2-3-25-8-20-13-4-10(16)11(17)5-12(13)19-15(20)21-7-9(6-18-21)14(22)23/h4-7H,2-3,8,17H2,1H3,(H,22,23). The fourth-order valence-corrected chi connectivity index (χ4v) is 2.45. The first-order valence-corrected chi connectivity index (χ1v) is 7.69. The molecule has 3 aromatic rings. The van der Waals surface area contributed by atoms with Crippen molar-refractivity contribution >= 4 is 34.3 Å². The molecule has 0 amide bonds. The zero-order valence-corrected chi connectivity index (χ0v) is 14.1. The van der Waals surface area contributed by atoms with Gasteiger partial charge in [0.05, 0.1) is 46.7 Å². The zero-order valence-electron chi connectivity index (χ0n) is 13.3. The summed E-state index contributed by atoms with van der Waals surface area (Å²) in [7, 11) is 1.58. The van der Waals surface area contributed by atoms with Crippen molar-refractivity contribution in [2.75, 3.05) is 26.1 Å². The summed E-state index contributed by atoms with van der Waals surface area (Å²) in [4.78, 5) is 15.6. The number of anilines is 1. The highest BCUT2D eigenvalue weighted by Gasteiger charge is 2.17. The van der Waals surface area contributed by atoms with Crippen molar-refractivity contribution < 1.29 is 19.4 Å². The molecule has 2 heterocycles. The molecule has 1 aromatic carbocycles. The second kappa shape index (κ2) is 7.09. The number of carbonyl (C=O) groups is 1. The highest BCUT2D eigenvalue weighted by molar-refractivity contribution is 6.33. The minimum atomic E-state index is -1.07. The molecule has 2 aromatic heterocycles. The number of hydrogen-bond donors (Lipinski definition) is 2. The van der Waals surface area contributed by atoms with Crippen LogP contribution in [0.3, 0.4) is 0 Å². The largest absolute Gasteiger partial charge is 0.478 e. The molecule has 0 aliphatic heterocycles. The molecule has 0 bridgehead atoms. The van der Waals surface area contributed by atoms with Crippen molar-refractivity contribution in [3.63, 3.8) is 0 Å². The number of carboxylic acids is 1. The smallest absolute Gasteiger partial charge is 0.338 e. The average molecular weight is 366 g/mol. The lowest BCUT2D eigenvalue weighted by molar-refractivity contribution is 0.0356. The molecule has 10 heteroatoms. The molecule has 0 aliphatic rings. The molecule has 0 spiro atoms. The zero-order chi connectivity index (χ0) is 18.0. The van der Waals surface area contributed by atoms with Crippen LogP contribution in [0.1, 0.15) is 10.4 Å². The summed E-state index contributed by atoms with van der Waals surface area (Å²) in [5.74, 6) is -0.681. The van der Waals surface area contributed by atoms with Crippen molar-refractivity contribution in [1.82, 2.24) is 19.3 Å². The van der Waals surface area contributed by atoms with Crippen LogP contribution in [-0.2, 0) is 16.2 Å². The first kappa shape index (κ1) is 17.2. The van der Waals surface area contributed by atoms with Gasteiger partial charge in [-0.15, -0.1) is 0 Å². The third kappa shape index (κ3) is 3.43. The van der Waals surface area contributed by atoms with Gasteiger partial charge in [-0.2, -0.15) is 5.10 Å². The van der Waals surface area contributed by atoms with E-state index in [9.17, 15) is 4.79 Å². The summed E-state index contributed by atoms with van der Waals surface area (Å²) in [6.07, 6.45) is 2.62. The van der Waals surface area contributed by atoms with E-state index in [1.54, 1.807) is 23.8 Å². The van der Waals surface area contributed by atoms with Gasteiger partial charge in [-0.05, 0) is 12.1 Å². The number of aromatic nitrogens is 4. The quantitative estimate of drug-likeness (QED) is 0.484. The second-order valence-corrected chi connectivity index (χ2v) is 5.62. The Morgan fingerprint density at radius 2 is 2.20 bits per heavy atom. The third-order valence-electron chi connectivity index (χ3n) is 3.53. The van der Waals surface area contributed by atoms with Crippen molar-refractivity contribution in [2.24, 2.45) is 0 Å². The van der Waals surface area contributed by atoms with Gasteiger partial charge in [0.15, 0.2) is 0 Å². The molecular formula is C15H16ClN5O4. The molecule has 9 nitrogen and oxygen atoms in total. The number of fused-ring (bicyclic) bond motifs is 1. The highest BCUT2D eigenvalue weighted by Crippen LogP contribution is 2.27. The van der Waals surface area contributed by atoms with E-state index in [0.29, 0.717) is 40.9 Å².